The van der Waals surface area contributed by atoms with Gasteiger partial charge in [-0.05, 0) is 19.1 Å². The first-order chi connectivity index (χ1) is 9.31. The van der Waals surface area contributed by atoms with Gasteiger partial charge in [-0.25, -0.2) is 4.98 Å². The van der Waals surface area contributed by atoms with Gasteiger partial charge in [0.1, 0.15) is 5.76 Å². The van der Waals surface area contributed by atoms with Crippen LogP contribution in [0.4, 0.5) is 5.13 Å². The van der Waals surface area contributed by atoms with Gasteiger partial charge in [0, 0.05) is 10.9 Å². The molecule has 4 heteroatoms. The second-order valence-corrected chi connectivity index (χ2v) is 5.19. The van der Waals surface area contributed by atoms with E-state index in [9.17, 15) is 0 Å². The summed E-state index contributed by atoms with van der Waals surface area (Å²) in [7, 11) is 0. The van der Waals surface area contributed by atoms with E-state index in [1.54, 1.807) is 17.6 Å². The molecule has 96 valence electrons. The Morgan fingerprint density at radius 3 is 2.79 bits per heavy atom. The second-order valence-electron chi connectivity index (χ2n) is 4.34. The summed E-state index contributed by atoms with van der Waals surface area (Å²) >= 11 is 1.61. The molecule has 0 spiro atoms. The number of hydrogen-bond acceptors (Lipinski definition) is 4. The summed E-state index contributed by atoms with van der Waals surface area (Å²) in [6.07, 6.45) is 1.68. The number of furan rings is 1. The lowest BCUT2D eigenvalue weighted by atomic mass is 10.1. The molecular weight excluding hydrogens is 256 g/mol. The van der Waals surface area contributed by atoms with Crippen molar-refractivity contribution in [2.75, 3.05) is 5.32 Å². The lowest BCUT2D eigenvalue weighted by molar-refractivity contribution is 0.518. The summed E-state index contributed by atoms with van der Waals surface area (Å²) in [4.78, 5) is 4.58. The zero-order valence-corrected chi connectivity index (χ0v) is 11.4. The first-order valence-corrected chi connectivity index (χ1v) is 6.98. The number of hydrogen-bond donors (Lipinski definition) is 1. The third-order valence-corrected chi connectivity index (χ3v) is 3.65. The van der Waals surface area contributed by atoms with Gasteiger partial charge >= 0.3 is 0 Å². The Bertz CT molecular complexity index is 641. The van der Waals surface area contributed by atoms with Gasteiger partial charge in [-0.1, -0.05) is 29.8 Å². The van der Waals surface area contributed by atoms with Crippen molar-refractivity contribution < 1.29 is 4.42 Å². The first kappa shape index (κ1) is 12.0. The number of anilines is 1. The summed E-state index contributed by atoms with van der Waals surface area (Å²) in [5.41, 5.74) is 3.41. The van der Waals surface area contributed by atoms with Gasteiger partial charge in [0.05, 0.1) is 18.5 Å². The molecule has 0 saturated carbocycles. The third-order valence-electron chi connectivity index (χ3n) is 2.85. The van der Waals surface area contributed by atoms with Crippen molar-refractivity contribution in [1.29, 1.82) is 0 Å². The van der Waals surface area contributed by atoms with Crippen LogP contribution in [0.25, 0.3) is 11.3 Å². The van der Waals surface area contributed by atoms with Crippen molar-refractivity contribution in [1.82, 2.24) is 4.98 Å². The van der Waals surface area contributed by atoms with E-state index < -0.39 is 0 Å². The Kier molecular flexibility index (Phi) is 3.33. The molecule has 3 rings (SSSR count). The smallest absolute Gasteiger partial charge is 0.183 e. The van der Waals surface area contributed by atoms with E-state index >= 15 is 0 Å². The molecule has 0 atom stereocenters. The molecule has 3 aromatic rings. The van der Waals surface area contributed by atoms with E-state index in [0.29, 0.717) is 6.54 Å². The van der Waals surface area contributed by atoms with Crippen LogP contribution in [0.15, 0.2) is 52.5 Å². The maximum Gasteiger partial charge on any atom is 0.183 e. The third kappa shape index (κ3) is 2.85. The fraction of sp³-hybridized carbons (Fsp3) is 0.133. The van der Waals surface area contributed by atoms with E-state index in [1.807, 2.05) is 12.1 Å². The van der Waals surface area contributed by atoms with Gasteiger partial charge in [-0.2, -0.15) is 0 Å². The Hall–Kier alpha value is -2.07. The normalized spacial score (nSPS) is 10.6. The molecule has 19 heavy (non-hydrogen) atoms. The molecule has 0 aliphatic heterocycles. The van der Waals surface area contributed by atoms with Gasteiger partial charge in [0.15, 0.2) is 5.13 Å². The number of benzene rings is 1. The highest BCUT2D eigenvalue weighted by atomic mass is 32.1. The fourth-order valence-corrected chi connectivity index (χ4v) is 2.51. The van der Waals surface area contributed by atoms with E-state index in [0.717, 1.165) is 22.1 Å². The van der Waals surface area contributed by atoms with Gasteiger partial charge in [0.2, 0.25) is 0 Å². The zero-order chi connectivity index (χ0) is 13.1. The predicted molar refractivity (Wildman–Crippen MR) is 78.3 cm³/mol. The average molecular weight is 270 g/mol. The van der Waals surface area contributed by atoms with E-state index in [1.165, 1.54) is 5.56 Å². The highest BCUT2D eigenvalue weighted by Gasteiger charge is 2.04. The molecule has 0 saturated heterocycles. The van der Waals surface area contributed by atoms with Crippen LogP contribution in [0.1, 0.15) is 11.3 Å². The standard InChI is InChI=1S/C15H14N2OS/c1-11-4-6-12(7-5-11)14-10-19-15(17-14)16-9-13-3-2-8-18-13/h2-8,10H,9H2,1H3,(H,16,17). The minimum Gasteiger partial charge on any atom is -0.467 e. The van der Waals surface area contributed by atoms with Crippen molar-refractivity contribution in [3.63, 3.8) is 0 Å². The lowest BCUT2D eigenvalue weighted by Gasteiger charge is -1.99. The van der Waals surface area contributed by atoms with Gasteiger partial charge in [0.25, 0.3) is 0 Å². The summed E-state index contributed by atoms with van der Waals surface area (Å²) < 4.78 is 5.27. The molecule has 2 aromatic heterocycles. The van der Waals surface area contributed by atoms with Crippen LogP contribution in [0.5, 0.6) is 0 Å². The zero-order valence-electron chi connectivity index (χ0n) is 10.6. The summed E-state index contributed by atoms with van der Waals surface area (Å²) in [6, 6.07) is 12.2. The van der Waals surface area contributed by atoms with Crippen molar-refractivity contribution >= 4 is 16.5 Å². The first-order valence-electron chi connectivity index (χ1n) is 6.10. The molecule has 2 heterocycles. The van der Waals surface area contributed by atoms with Gasteiger partial charge < -0.3 is 9.73 Å². The largest absolute Gasteiger partial charge is 0.467 e. The maximum absolute atomic E-state index is 5.27. The van der Waals surface area contributed by atoms with Crippen LogP contribution in [0, 0.1) is 6.92 Å². The Morgan fingerprint density at radius 2 is 2.05 bits per heavy atom. The number of rotatable bonds is 4. The van der Waals surface area contributed by atoms with Crippen molar-refractivity contribution in [2.45, 2.75) is 13.5 Å². The Morgan fingerprint density at radius 1 is 1.21 bits per heavy atom. The molecule has 0 amide bonds. The number of aromatic nitrogens is 1. The highest BCUT2D eigenvalue weighted by Crippen LogP contribution is 2.25. The van der Waals surface area contributed by atoms with Gasteiger partial charge in [-0.15, -0.1) is 11.3 Å². The molecule has 0 aliphatic carbocycles. The predicted octanol–water partition coefficient (Wildman–Crippen LogP) is 4.32. The van der Waals surface area contributed by atoms with Crippen LogP contribution in [0.3, 0.4) is 0 Å². The Balaban J connectivity index is 1.70. The fourth-order valence-electron chi connectivity index (χ4n) is 1.79. The summed E-state index contributed by atoms with van der Waals surface area (Å²) in [5.74, 6) is 0.909. The quantitative estimate of drug-likeness (QED) is 0.767. The molecular formula is C15H14N2OS. The lowest BCUT2D eigenvalue weighted by Crippen LogP contribution is -1.97. The van der Waals surface area contributed by atoms with Crippen molar-refractivity contribution in [3.8, 4) is 11.3 Å². The van der Waals surface area contributed by atoms with Crippen molar-refractivity contribution in [3.05, 3.63) is 59.4 Å². The Labute approximate surface area is 115 Å². The van der Waals surface area contributed by atoms with Crippen LogP contribution >= 0.6 is 11.3 Å². The van der Waals surface area contributed by atoms with Crippen molar-refractivity contribution in [2.24, 2.45) is 0 Å². The molecule has 0 aliphatic rings. The SMILES string of the molecule is Cc1ccc(-c2csc(NCc3ccco3)n2)cc1. The topological polar surface area (TPSA) is 38.1 Å². The van der Waals surface area contributed by atoms with Gasteiger partial charge in [-0.3, -0.25) is 0 Å². The van der Waals surface area contributed by atoms with Crippen LogP contribution in [-0.4, -0.2) is 4.98 Å². The molecule has 0 radical (unpaired) electrons. The van der Waals surface area contributed by atoms with E-state index in [2.05, 4.69) is 46.9 Å². The molecule has 0 unspecified atom stereocenters. The van der Waals surface area contributed by atoms with E-state index in [4.69, 9.17) is 4.42 Å². The minimum absolute atomic E-state index is 0.661. The number of nitrogens with one attached hydrogen (secondary N) is 1. The van der Waals surface area contributed by atoms with Crippen LogP contribution < -0.4 is 5.32 Å². The average Bonchev–Trinajstić information content (AvgIpc) is 3.09. The molecule has 0 bridgehead atoms. The van der Waals surface area contributed by atoms with E-state index in [-0.39, 0.29) is 0 Å². The second kappa shape index (κ2) is 5.28. The molecule has 1 N–H and O–H groups in total. The summed E-state index contributed by atoms with van der Waals surface area (Å²) in [5, 5.41) is 6.24. The molecule has 1 aromatic carbocycles. The number of nitrogens with zero attached hydrogens (tertiary/aromatic N) is 1. The number of thiazole rings is 1. The van der Waals surface area contributed by atoms with Crippen LogP contribution in [0.2, 0.25) is 0 Å². The summed E-state index contributed by atoms with van der Waals surface area (Å²) in [6.45, 7) is 2.75. The maximum atomic E-state index is 5.27. The highest BCUT2D eigenvalue weighted by molar-refractivity contribution is 7.14. The number of aryl methyl sites for hydroxylation is 1. The minimum atomic E-state index is 0.661. The monoisotopic (exact) mass is 270 g/mol. The molecule has 3 nitrogen and oxygen atoms in total. The van der Waals surface area contributed by atoms with Crippen LogP contribution in [-0.2, 0) is 6.54 Å². The molecule has 0 fully saturated rings.